The largest absolute Gasteiger partial charge is 0.337 e. The average Bonchev–Trinajstić information content (AvgIpc) is 3.18. The van der Waals surface area contributed by atoms with Crippen LogP contribution in [0.2, 0.25) is 0 Å². The first-order valence-corrected chi connectivity index (χ1v) is 6.66. The first-order valence-electron chi connectivity index (χ1n) is 6.66. The van der Waals surface area contributed by atoms with Crippen LogP contribution in [0.5, 0.6) is 0 Å². The highest BCUT2D eigenvalue weighted by atomic mass is 15.2. The maximum absolute atomic E-state index is 4.59. The maximum Gasteiger partial charge on any atom is 0.225 e. The van der Waals surface area contributed by atoms with Crippen LogP contribution in [0.3, 0.4) is 0 Å². The summed E-state index contributed by atoms with van der Waals surface area (Å²) in [6, 6.07) is 0.719. The summed E-state index contributed by atoms with van der Waals surface area (Å²) >= 11 is 0. The van der Waals surface area contributed by atoms with E-state index in [1.165, 1.54) is 18.4 Å². The average molecular weight is 246 g/mol. The molecule has 4 heteroatoms. The molecule has 1 aromatic heterocycles. The minimum Gasteiger partial charge on any atom is -0.337 e. The van der Waals surface area contributed by atoms with E-state index in [-0.39, 0.29) is 0 Å². The van der Waals surface area contributed by atoms with Crippen LogP contribution in [0.15, 0.2) is 18.9 Å². The van der Waals surface area contributed by atoms with Crippen molar-refractivity contribution in [3.8, 4) is 0 Å². The molecule has 1 aromatic rings. The van der Waals surface area contributed by atoms with Gasteiger partial charge >= 0.3 is 0 Å². The van der Waals surface area contributed by atoms with Gasteiger partial charge in [-0.25, -0.2) is 9.97 Å². The van der Waals surface area contributed by atoms with Crippen LogP contribution < -0.4 is 10.2 Å². The van der Waals surface area contributed by atoms with E-state index in [0.29, 0.717) is 0 Å². The van der Waals surface area contributed by atoms with Gasteiger partial charge in [-0.3, -0.25) is 0 Å². The minimum absolute atomic E-state index is 0.719. The van der Waals surface area contributed by atoms with Crippen molar-refractivity contribution < 1.29 is 0 Å². The fourth-order valence-corrected chi connectivity index (χ4v) is 1.86. The summed E-state index contributed by atoms with van der Waals surface area (Å²) in [7, 11) is 0. The molecule has 1 heterocycles. The van der Waals surface area contributed by atoms with Crippen molar-refractivity contribution in [2.24, 2.45) is 0 Å². The van der Waals surface area contributed by atoms with E-state index in [9.17, 15) is 0 Å². The standard InChI is InChI=1S/C14H22N4/c1-4-8-18(5-2)14-16-10-12(11(3)17-14)9-15-13-6-7-13/h4,10,13,15H,1,5-9H2,2-3H3. The molecule has 1 fully saturated rings. The van der Waals surface area contributed by atoms with Crippen LogP contribution in [0.25, 0.3) is 0 Å². The number of nitrogens with one attached hydrogen (secondary N) is 1. The molecule has 1 aliphatic carbocycles. The molecule has 4 nitrogen and oxygen atoms in total. The van der Waals surface area contributed by atoms with Crippen LogP contribution in [0.4, 0.5) is 5.95 Å². The fourth-order valence-electron chi connectivity index (χ4n) is 1.86. The van der Waals surface area contributed by atoms with Crippen molar-refractivity contribution in [3.63, 3.8) is 0 Å². The van der Waals surface area contributed by atoms with Crippen molar-refractivity contribution >= 4 is 5.95 Å². The number of rotatable bonds is 7. The molecule has 0 amide bonds. The van der Waals surface area contributed by atoms with Crippen LogP contribution in [0, 0.1) is 6.92 Å². The molecular weight excluding hydrogens is 224 g/mol. The number of hydrogen-bond acceptors (Lipinski definition) is 4. The smallest absolute Gasteiger partial charge is 0.225 e. The molecule has 0 radical (unpaired) electrons. The lowest BCUT2D eigenvalue weighted by Gasteiger charge is -2.19. The zero-order chi connectivity index (χ0) is 13.0. The van der Waals surface area contributed by atoms with Gasteiger partial charge in [0.2, 0.25) is 5.95 Å². The number of nitrogens with zero attached hydrogens (tertiary/aromatic N) is 3. The number of aromatic nitrogens is 2. The van der Waals surface area contributed by atoms with Crippen LogP contribution in [-0.4, -0.2) is 29.1 Å². The van der Waals surface area contributed by atoms with E-state index >= 15 is 0 Å². The predicted octanol–water partition coefficient (Wildman–Crippen LogP) is 2.05. The van der Waals surface area contributed by atoms with Crippen molar-refractivity contribution in [1.82, 2.24) is 15.3 Å². The quantitative estimate of drug-likeness (QED) is 0.748. The van der Waals surface area contributed by atoms with E-state index < -0.39 is 0 Å². The SMILES string of the molecule is C=CCN(CC)c1ncc(CNC2CC2)c(C)n1. The topological polar surface area (TPSA) is 41.1 Å². The molecule has 1 N–H and O–H groups in total. The zero-order valence-electron chi connectivity index (χ0n) is 11.3. The fraction of sp³-hybridized carbons (Fsp3) is 0.571. The third kappa shape index (κ3) is 3.29. The first-order chi connectivity index (χ1) is 8.74. The molecular formula is C14H22N4. The van der Waals surface area contributed by atoms with Gasteiger partial charge in [0.05, 0.1) is 0 Å². The summed E-state index contributed by atoms with van der Waals surface area (Å²) in [5, 5.41) is 3.49. The van der Waals surface area contributed by atoms with Gasteiger partial charge in [-0.05, 0) is 26.7 Å². The summed E-state index contributed by atoms with van der Waals surface area (Å²) in [5.74, 6) is 0.796. The predicted molar refractivity (Wildman–Crippen MR) is 74.7 cm³/mol. The molecule has 0 saturated heterocycles. The summed E-state index contributed by atoms with van der Waals surface area (Å²) in [6.45, 7) is 10.5. The number of aryl methyl sites for hydroxylation is 1. The van der Waals surface area contributed by atoms with Crippen LogP contribution in [0.1, 0.15) is 31.0 Å². The van der Waals surface area contributed by atoms with E-state index in [2.05, 4.69) is 40.6 Å². The highest BCUT2D eigenvalue weighted by Crippen LogP contribution is 2.20. The van der Waals surface area contributed by atoms with Gasteiger partial charge in [0.1, 0.15) is 0 Å². The highest BCUT2D eigenvalue weighted by molar-refractivity contribution is 5.33. The monoisotopic (exact) mass is 246 g/mol. The van der Waals surface area contributed by atoms with Gasteiger partial charge in [-0.15, -0.1) is 6.58 Å². The number of hydrogen-bond donors (Lipinski definition) is 1. The molecule has 1 aliphatic rings. The first kappa shape index (κ1) is 13.0. The minimum atomic E-state index is 0.719. The third-order valence-electron chi connectivity index (χ3n) is 3.24. The van der Waals surface area contributed by atoms with E-state index in [1.54, 1.807) is 0 Å². The summed E-state index contributed by atoms with van der Waals surface area (Å²) in [5.41, 5.74) is 2.26. The van der Waals surface area contributed by atoms with Crippen molar-refractivity contribution in [1.29, 1.82) is 0 Å². The van der Waals surface area contributed by atoms with Crippen LogP contribution in [-0.2, 0) is 6.54 Å². The maximum atomic E-state index is 4.59. The molecule has 0 atom stereocenters. The van der Waals surface area contributed by atoms with Crippen molar-refractivity contribution in [3.05, 3.63) is 30.1 Å². The number of anilines is 1. The lowest BCUT2D eigenvalue weighted by Crippen LogP contribution is -2.25. The van der Waals surface area contributed by atoms with Gasteiger partial charge < -0.3 is 10.2 Å². The molecule has 0 aromatic carbocycles. The lowest BCUT2D eigenvalue weighted by molar-refractivity contribution is 0.678. The Hall–Kier alpha value is -1.42. The molecule has 0 spiro atoms. The second kappa shape index (κ2) is 5.96. The second-order valence-electron chi connectivity index (χ2n) is 4.76. The van der Waals surface area contributed by atoms with E-state index in [0.717, 1.165) is 37.3 Å². The van der Waals surface area contributed by atoms with E-state index in [1.807, 2.05) is 12.3 Å². The Balaban J connectivity index is 2.04. The Morgan fingerprint density at radius 1 is 1.56 bits per heavy atom. The second-order valence-corrected chi connectivity index (χ2v) is 4.76. The Labute approximate surface area is 109 Å². The highest BCUT2D eigenvalue weighted by Gasteiger charge is 2.20. The molecule has 2 rings (SSSR count). The Morgan fingerprint density at radius 2 is 2.33 bits per heavy atom. The molecule has 1 saturated carbocycles. The molecule has 0 aliphatic heterocycles. The zero-order valence-corrected chi connectivity index (χ0v) is 11.3. The number of likely N-dealkylation sites (N-methyl/N-ethyl adjacent to an activating group) is 1. The Kier molecular flexibility index (Phi) is 4.31. The molecule has 98 valence electrons. The summed E-state index contributed by atoms with van der Waals surface area (Å²) in [6.07, 6.45) is 6.44. The summed E-state index contributed by atoms with van der Waals surface area (Å²) in [4.78, 5) is 11.2. The van der Waals surface area contributed by atoms with Gasteiger partial charge in [0.15, 0.2) is 0 Å². The van der Waals surface area contributed by atoms with Gasteiger partial charge in [-0.1, -0.05) is 6.08 Å². The summed E-state index contributed by atoms with van der Waals surface area (Å²) < 4.78 is 0. The Morgan fingerprint density at radius 3 is 2.89 bits per heavy atom. The molecule has 0 bridgehead atoms. The molecule has 18 heavy (non-hydrogen) atoms. The lowest BCUT2D eigenvalue weighted by atomic mass is 10.2. The van der Waals surface area contributed by atoms with Crippen molar-refractivity contribution in [2.75, 3.05) is 18.0 Å². The van der Waals surface area contributed by atoms with Gasteiger partial charge in [-0.2, -0.15) is 0 Å². The molecule has 0 unspecified atom stereocenters. The third-order valence-corrected chi connectivity index (χ3v) is 3.24. The Bertz CT molecular complexity index is 412. The van der Waals surface area contributed by atoms with Gasteiger partial charge in [0, 0.05) is 43.1 Å². The van der Waals surface area contributed by atoms with Crippen molar-refractivity contribution in [2.45, 2.75) is 39.3 Å². The van der Waals surface area contributed by atoms with Gasteiger partial charge in [0.25, 0.3) is 0 Å². The van der Waals surface area contributed by atoms with Crippen LogP contribution >= 0.6 is 0 Å². The normalized spacial score (nSPS) is 14.6. The van der Waals surface area contributed by atoms with E-state index in [4.69, 9.17) is 0 Å².